The number of ether oxygens (including phenoxy) is 1. The molecule has 0 fully saturated rings. The summed E-state index contributed by atoms with van der Waals surface area (Å²) in [7, 11) is 1.34. The predicted octanol–water partition coefficient (Wildman–Crippen LogP) is 1.37. The van der Waals surface area contributed by atoms with E-state index in [1.807, 2.05) is 24.3 Å². The summed E-state index contributed by atoms with van der Waals surface area (Å²) in [5.41, 5.74) is 7.67. The van der Waals surface area contributed by atoms with Gasteiger partial charge in [-0.25, -0.2) is 0 Å². The number of methoxy groups -OCH3 is 1. The van der Waals surface area contributed by atoms with Crippen LogP contribution in [0, 0.1) is 0 Å². The minimum absolute atomic E-state index is 0.390. The van der Waals surface area contributed by atoms with Crippen molar-refractivity contribution in [3.63, 3.8) is 0 Å². The van der Waals surface area contributed by atoms with Crippen molar-refractivity contribution in [3.05, 3.63) is 42.0 Å². The number of nitrogens with two attached hydrogens (primary N) is 1. The fraction of sp³-hybridized carbons (Fsp3) is 0.250. The van der Waals surface area contributed by atoms with Gasteiger partial charge in [0.25, 0.3) is 0 Å². The highest BCUT2D eigenvalue weighted by atomic mass is 16.5. The molecule has 1 atom stereocenters. The lowest BCUT2D eigenvalue weighted by Gasteiger charge is -2.09. The van der Waals surface area contributed by atoms with Crippen molar-refractivity contribution >= 4 is 12.0 Å². The molecular formula is C12H15NO2. The Labute approximate surface area is 89.5 Å². The summed E-state index contributed by atoms with van der Waals surface area (Å²) >= 11 is 0. The molecule has 0 aromatic heterocycles. The van der Waals surface area contributed by atoms with E-state index in [9.17, 15) is 4.79 Å². The average molecular weight is 205 g/mol. The molecule has 1 aromatic carbocycles. The second kappa shape index (κ2) is 5.32. The number of carbonyl (C=O) groups excluding carboxylic acids is 1. The van der Waals surface area contributed by atoms with Gasteiger partial charge >= 0.3 is 5.97 Å². The van der Waals surface area contributed by atoms with Crippen molar-refractivity contribution in [1.29, 1.82) is 0 Å². The number of benzene rings is 1. The second-order valence-corrected chi connectivity index (χ2v) is 3.28. The summed E-state index contributed by atoms with van der Waals surface area (Å²) in [5.74, 6) is -0.390. The SMILES string of the molecule is C=Cc1cccc(C[C@@H](N)C(=O)OC)c1. The average Bonchev–Trinajstić information content (AvgIpc) is 2.28. The summed E-state index contributed by atoms with van der Waals surface area (Å²) in [6, 6.07) is 7.14. The first-order chi connectivity index (χ1) is 7.17. The van der Waals surface area contributed by atoms with Crippen LogP contribution in [0.3, 0.4) is 0 Å². The molecule has 0 saturated heterocycles. The van der Waals surface area contributed by atoms with E-state index in [0.29, 0.717) is 6.42 Å². The Morgan fingerprint density at radius 2 is 2.40 bits per heavy atom. The quantitative estimate of drug-likeness (QED) is 0.755. The molecule has 0 bridgehead atoms. The molecule has 1 rings (SSSR count). The van der Waals surface area contributed by atoms with Crippen LogP contribution in [0.15, 0.2) is 30.8 Å². The summed E-state index contributed by atoms with van der Waals surface area (Å²) < 4.78 is 4.56. The molecule has 0 aliphatic carbocycles. The van der Waals surface area contributed by atoms with Crippen LogP contribution in [0.25, 0.3) is 6.08 Å². The van der Waals surface area contributed by atoms with Crippen LogP contribution in [-0.4, -0.2) is 19.1 Å². The van der Waals surface area contributed by atoms with Crippen LogP contribution in [-0.2, 0) is 16.0 Å². The number of hydrogen-bond donors (Lipinski definition) is 1. The molecule has 3 nitrogen and oxygen atoms in total. The van der Waals surface area contributed by atoms with E-state index in [-0.39, 0.29) is 5.97 Å². The highest BCUT2D eigenvalue weighted by molar-refractivity contribution is 5.75. The van der Waals surface area contributed by atoms with Gasteiger partial charge in [0.1, 0.15) is 6.04 Å². The van der Waals surface area contributed by atoms with Crippen molar-refractivity contribution in [2.24, 2.45) is 5.73 Å². The maximum atomic E-state index is 11.1. The van der Waals surface area contributed by atoms with Gasteiger partial charge in [0.05, 0.1) is 7.11 Å². The fourth-order valence-electron chi connectivity index (χ4n) is 1.34. The molecule has 0 heterocycles. The lowest BCUT2D eigenvalue weighted by molar-refractivity contribution is -0.142. The van der Waals surface area contributed by atoms with Gasteiger partial charge in [0.15, 0.2) is 0 Å². The second-order valence-electron chi connectivity index (χ2n) is 3.28. The smallest absolute Gasteiger partial charge is 0.322 e. The zero-order valence-electron chi connectivity index (χ0n) is 8.77. The summed E-state index contributed by atoms with van der Waals surface area (Å²) in [6.07, 6.45) is 2.24. The number of esters is 1. The first kappa shape index (κ1) is 11.5. The van der Waals surface area contributed by atoms with Gasteiger partial charge in [-0.3, -0.25) is 4.79 Å². The van der Waals surface area contributed by atoms with Gasteiger partial charge in [0.2, 0.25) is 0 Å². The molecule has 0 unspecified atom stereocenters. The minimum atomic E-state index is -0.602. The van der Waals surface area contributed by atoms with Crippen LogP contribution in [0.1, 0.15) is 11.1 Å². The molecule has 0 saturated carbocycles. The highest BCUT2D eigenvalue weighted by Crippen LogP contribution is 2.08. The standard InChI is InChI=1S/C12H15NO2/c1-3-9-5-4-6-10(7-9)8-11(13)12(14)15-2/h3-7,11H,1,8,13H2,2H3/t11-/m1/s1. The highest BCUT2D eigenvalue weighted by Gasteiger charge is 2.13. The Kier molecular flexibility index (Phi) is 4.06. The third-order valence-corrected chi connectivity index (χ3v) is 2.15. The number of carbonyl (C=O) groups is 1. The zero-order valence-corrected chi connectivity index (χ0v) is 8.77. The van der Waals surface area contributed by atoms with Crippen molar-refractivity contribution < 1.29 is 9.53 Å². The Morgan fingerprint density at radius 1 is 1.67 bits per heavy atom. The van der Waals surface area contributed by atoms with Crippen molar-refractivity contribution in [1.82, 2.24) is 0 Å². The molecule has 15 heavy (non-hydrogen) atoms. The molecular weight excluding hydrogens is 190 g/mol. The molecule has 0 aliphatic heterocycles. The van der Waals surface area contributed by atoms with Gasteiger partial charge in [0, 0.05) is 0 Å². The lowest BCUT2D eigenvalue weighted by Crippen LogP contribution is -2.33. The summed E-state index contributed by atoms with van der Waals surface area (Å²) in [5, 5.41) is 0. The molecule has 1 aromatic rings. The normalized spacial score (nSPS) is 11.9. The fourth-order valence-corrected chi connectivity index (χ4v) is 1.34. The van der Waals surface area contributed by atoms with Crippen molar-refractivity contribution in [2.45, 2.75) is 12.5 Å². The lowest BCUT2D eigenvalue weighted by atomic mass is 10.0. The third-order valence-electron chi connectivity index (χ3n) is 2.15. The van der Waals surface area contributed by atoms with Crippen molar-refractivity contribution in [2.75, 3.05) is 7.11 Å². The van der Waals surface area contributed by atoms with Gasteiger partial charge in [-0.1, -0.05) is 36.9 Å². The van der Waals surface area contributed by atoms with Crippen LogP contribution in [0.2, 0.25) is 0 Å². The molecule has 2 N–H and O–H groups in total. The Morgan fingerprint density at radius 3 is 3.00 bits per heavy atom. The van der Waals surface area contributed by atoms with Gasteiger partial charge in [-0.15, -0.1) is 0 Å². The number of rotatable bonds is 4. The zero-order chi connectivity index (χ0) is 11.3. The Bertz CT molecular complexity index is 360. The third kappa shape index (κ3) is 3.22. The molecule has 0 spiro atoms. The Balaban J connectivity index is 2.71. The molecule has 0 radical (unpaired) electrons. The topological polar surface area (TPSA) is 52.3 Å². The van der Waals surface area contributed by atoms with E-state index >= 15 is 0 Å². The summed E-state index contributed by atoms with van der Waals surface area (Å²) in [6.45, 7) is 3.68. The van der Waals surface area contributed by atoms with E-state index in [2.05, 4.69) is 11.3 Å². The molecule has 80 valence electrons. The maximum Gasteiger partial charge on any atom is 0.322 e. The van der Waals surface area contributed by atoms with E-state index in [1.54, 1.807) is 6.08 Å². The van der Waals surface area contributed by atoms with E-state index in [4.69, 9.17) is 5.73 Å². The van der Waals surface area contributed by atoms with Gasteiger partial charge in [-0.2, -0.15) is 0 Å². The summed E-state index contributed by atoms with van der Waals surface area (Å²) in [4.78, 5) is 11.1. The van der Waals surface area contributed by atoms with Crippen LogP contribution >= 0.6 is 0 Å². The van der Waals surface area contributed by atoms with E-state index in [0.717, 1.165) is 11.1 Å². The van der Waals surface area contributed by atoms with Crippen LogP contribution < -0.4 is 5.73 Å². The van der Waals surface area contributed by atoms with Crippen molar-refractivity contribution in [3.8, 4) is 0 Å². The largest absolute Gasteiger partial charge is 0.468 e. The Hall–Kier alpha value is -1.61. The van der Waals surface area contributed by atoms with E-state index in [1.165, 1.54) is 7.11 Å². The first-order valence-electron chi connectivity index (χ1n) is 4.72. The number of hydrogen-bond acceptors (Lipinski definition) is 3. The predicted molar refractivity (Wildman–Crippen MR) is 60.2 cm³/mol. The maximum absolute atomic E-state index is 11.1. The molecule has 0 amide bonds. The minimum Gasteiger partial charge on any atom is -0.468 e. The first-order valence-corrected chi connectivity index (χ1v) is 4.72. The van der Waals surface area contributed by atoms with Gasteiger partial charge in [-0.05, 0) is 17.5 Å². The monoisotopic (exact) mass is 205 g/mol. The van der Waals surface area contributed by atoms with Crippen LogP contribution in [0.4, 0.5) is 0 Å². The molecule has 0 aliphatic rings. The molecule has 3 heteroatoms. The van der Waals surface area contributed by atoms with E-state index < -0.39 is 6.04 Å². The van der Waals surface area contributed by atoms with Gasteiger partial charge < -0.3 is 10.5 Å². The van der Waals surface area contributed by atoms with Crippen LogP contribution in [0.5, 0.6) is 0 Å².